The van der Waals surface area contributed by atoms with Gasteiger partial charge in [0.25, 0.3) is 0 Å². The topological polar surface area (TPSA) is 131 Å². The number of carbonyl (C=O) groups excluding carboxylic acids is 1. The van der Waals surface area contributed by atoms with Crippen LogP contribution in [0.15, 0.2) is 94.0 Å². The van der Waals surface area contributed by atoms with Crippen LogP contribution in [0, 0.1) is 6.92 Å². The van der Waals surface area contributed by atoms with Crippen LogP contribution in [0.1, 0.15) is 22.8 Å². The van der Waals surface area contributed by atoms with Gasteiger partial charge in [0, 0.05) is 22.0 Å². The van der Waals surface area contributed by atoms with Crippen molar-refractivity contribution in [2.24, 2.45) is 10.2 Å². The summed E-state index contributed by atoms with van der Waals surface area (Å²) in [6.45, 7) is 3.58. The zero-order valence-electron chi connectivity index (χ0n) is 20.0. The van der Waals surface area contributed by atoms with Crippen molar-refractivity contribution in [3.05, 3.63) is 90.0 Å². The summed E-state index contributed by atoms with van der Waals surface area (Å²) in [6, 6.07) is 20.9. The summed E-state index contributed by atoms with van der Waals surface area (Å²) in [7, 11) is -4.80. The van der Waals surface area contributed by atoms with Crippen LogP contribution < -0.4 is 34.9 Å². The summed E-state index contributed by atoms with van der Waals surface area (Å²) in [4.78, 5) is 12.1. The Morgan fingerprint density at radius 3 is 2.17 bits per heavy atom. The second-order valence-corrected chi connectivity index (χ2v) is 9.39. The predicted octanol–water partition coefficient (Wildman–Crippen LogP) is 2.86. The number of aryl methyl sites for hydroxylation is 1. The molecule has 0 saturated heterocycles. The van der Waals surface area contributed by atoms with Crippen LogP contribution in [0.4, 0.5) is 17.1 Å². The molecule has 0 aliphatic heterocycles. The number of hydrogen-bond donors (Lipinski definition) is 2. The predicted molar refractivity (Wildman–Crippen MR) is 133 cm³/mol. The molecule has 8 nitrogen and oxygen atoms in total. The molecule has 178 valence electrons. The van der Waals surface area contributed by atoms with Crippen molar-refractivity contribution in [2.45, 2.75) is 24.8 Å². The molecule has 0 bridgehead atoms. The van der Waals surface area contributed by atoms with Gasteiger partial charge in [-0.2, -0.15) is 5.11 Å². The summed E-state index contributed by atoms with van der Waals surface area (Å²) in [5.74, 6) is -0.316. The molecule has 10 heteroatoms. The van der Waals surface area contributed by atoms with Crippen LogP contribution in [0.2, 0.25) is 0 Å². The fourth-order valence-corrected chi connectivity index (χ4v) is 4.43. The zero-order chi connectivity index (χ0) is 25.2. The minimum atomic E-state index is -4.80. The van der Waals surface area contributed by atoms with Gasteiger partial charge in [-0.15, -0.1) is 5.11 Å². The van der Waals surface area contributed by atoms with Gasteiger partial charge in [-0.25, -0.2) is 8.42 Å². The Balaban J connectivity index is 0.00000361. The molecule has 1 unspecified atom stereocenters. The molecule has 0 aliphatic carbocycles. The van der Waals surface area contributed by atoms with Crippen molar-refractivity contribution >= 4 is 43.7 Å². The monoisotopic (exact) mass is 511 g/mol. The SMILES string of the molecule is Cc1cc(NC(C)C(=O)c2ccccc2)ccc1N=Nc1cc(S(=O)(=O)[O-])c2ccccc2c1O.[Na+]. The molecule has 0 aliphatic rings. The molecule has 0 amide bonds. The molecule has 0 saturated carbocycles. The number of rotatable bonds is 7. The van der Waals surface area contributed by atoms with E-state index in [1.54, 1.807) is 56.3 Å². The van der Waals surface area contributed by atoms with Crippen LogP contribution in [0.3, 0.4) is 0 Å². The van der Waals surface area contributed by atoms with Gasteiger partial charge in [-0.3, -0.25) is 4.79 Å². The van der Waals surface area contributed by atoms with E-state index in [-0.39, 0.29) is 57.5 Å². The van der Waals surface area contributed by atoms with Gasteiger partial charge in [0.05, 0.1) is 16.6 Å². The van der Waals surface area contributed by atoms with Crippen molar-refractivity contribution in [1.82, 2.24) is 0 Å². The number of phenolic OH excluding ortho intramolecular Hbond substituents is 1. The van der Waals surface area contributed by atoms with Gasteiger partial charge < -0.3 is 15.0 Å². The smallest absolute Gasteiger partial charge is 0.744 e. The van der Waals surface area contributed by atoms with Crippen molar-refractivity contribution in [3.8, 4) is 5.75 Å². The van der Waals surface area contributed by atoms with Gasteiger partial charge in [-0.1, -0.05) is 54.6 Å². The van der Waals surface area contributed by atoms with Gasteiger partial charge >= 0.3 is 29.6 Å². The first kappa shape index (κ1) is 27.5. The molecule has 0 fully saturated rings. The molecule has 36 heavy (non-hydrogen) atoms. The Bertz CT molecular complexity index is 1560. The number of hydrogen-bond acceptors (Lipinski definition) is 8. The van der Waals surface area contributed by atoms with Crippen LogP contribution in [-0.4, -0.2) is 29.9 Å². The molecule has 0 spiro atoms. The Morgan fingerprint density at radius 1 is 0.917 bits per heavy atom. The maximum absolute atomic E-state index is 12.6. The summed E-state index contributed by atoms with van der Waals surface area (Å²) in [5.41, 5.74) is 2.39. The van der Waals surface area contributed by atoms with Crippen molar-refractivity contribution in [3.63, 3.8) is 0 Å². The number of phenols is 1. The van der Waals surface area contributed by atoms with E-state index in [1.807, 2.05) is 18.2 Å². The molecular formula is C26H22N3NaO5S. The molecule has 4 rings (SSSR count). The van der Waals surface area contributed by atoms with Crippen molar-refractivity contribution < 1.29 is 52.4 Å². The Hall–Kier alpha value is -3.08. The normalized spacial score (nSPS) is 12.3. The Morgan fingerprint density at radius 2 is 1.53 bits per heavy atom. The minimum absolute atomic E-state index is 0. The van der Waals surface area contributed by atoms with Crippen LogP contribution >= 0.6 is 0 Å². The number of nitrogens with one attached hydrogen (secondary N) is 1. The molecule has 1 atom stereocenters. The number of aromatic hydroxyl groups is 1. The van der Waals surface area contributed by atoms with Crippen LogP contribution in [-0.2, 0) is 10.1 Å². The number of nitrogens with zero attached hydrogens (tertiary/aromatic N) is 2. The number of ketones is 1. The zero-order valence-corrected chi connectivity index (χ0v) is 22.8. The summed E-state index contributed by atoms with van der Waals surface area (Å²) < 4.78 is 35.3. The summed E-state index contributed by atoms with van der Waals surface area (Å²) >= 11 is 0. The van der Waals surface area contributed by atoms with E-state index in [2.05, 4.69) is 15.5 Å². The maximum Gasteiger partial charge on any atom is 1.00 e. The molecule has 4 aromatic carbocycles. The third-order valence-corrected chi connectivity index (χ3v) is 6.40. The maximum atomic E-state index is 12.6. The van der Waals surface area contributed by atoms with E-state index in [1.165, 1.54) is 12.1 Å². The number of fused-ring (bicyclic) bond motifs is 1. The minimum Gasteiger partial charge on any atom is -0.744 e. The van der Waals surface area contributed by atoms with E-state index >= 15 is 0 Å². The van der Waals surface area contributed by atoms with E-state index in [4.69, 9.17) is 0 Å². The first-order valence-corrected chi connectivity index (χ1v) is 12.1. The third-order valence-electron chi connectivity index (χ3n) is 5.52. The largest absolute Gasteiger partial charge is 1.00 e. The first-order valence-electron chi connectivity index (χ1n) is 10.7. The van der Waals surface area contributed by atoms with Gasteiger partial charge in [0.2, 0.25) is 0 Å². The molecule has 0 aromatic heterocycles. The Kier molecular flexibility index (Phi) is 8.65. The third kappa shape index (κ3) is 6.00. The number of azo groups is 1. The van der Waals surface area contributed by atoms with Crippen molar-refractivity contribution in [2.75, 3.05) is 5.32 Å². The molecular weight excluding hydrogens is 489 g/mol. The second kappa shape index (κ2) is 11.3. The van der Waals surface area contributed by atoms with E-state index in [0.717, 1.165) is 11.6 Å². The fourth-order valence-electron chi connectivity index (χ4n) is 3.73. The van der Waals surface area contributed by atoms with Crippen LogP contribution in [0.25, 0.3) is 10.8 Å². The quantitative estimate of drug-likeness (QED) is 0.170. The molecule has 0 radical (unpaired) electrons. The number of carbonyl (C=O) groups is 1. The fraction of sp³-hybridized carbons (Fsp3) is 0.115. The standard InChI is InChI=1S/C26H23N3O5S.Na/c1-16-14-19(27-17(2)25(30)18-8-4-3-5-9-18)12-13-22(16)28-29-23-15-24(35(32,33)34)20-10-6-7-11-21(20)26(23)31;/h3-15,17,27,31H,1-2H3,(H,32,33,34);/q;+1/p-1. The van der Waals surface area contributed by atoms with Gasteiger partial charge in [0.1, 0.15) is 15.8 Å². The average Bonchev–Trinajstić information content (AvgIpc) is 2.84. The summed E-state index contributed by atoms with van der Waals surface area (Å²) in [6.07, 6.45) is 0. The van der Waals surface area contributed by atoms with Gasteiger partial charge in [-0.05, 0) is 43.7 Å². The van der Waals surface area contributed by atoms with E-state index in [0.29, 0.717) is 16.9 Å². The van der Waals surface area contributed by atoms with Crippen molar-refractivity contribution in [1.29, 1.82) is 0 Å². The van der Waals surface area contributed by atoms with Gasteiger partial charge in [0.15, 0.2) is 11.5 Å². The second-order valence-electron chi connectivity index (χ2n) is 8.04. The van der Waals surface area contributed by atoms with E-state index in [9.17, 15) is 22.9 Å². The number of anilines is 1. The average molecular weight is 512 g/mol. The number of benzene rings is 4. The Labute approximate surface area is 231 Å². The molecule has 0 heterocycles. The number of Topliss-reactive ketones (excluding diaryl/α,β-unsaturated/α-hetero) is 1. The molecule has 4 aromatic rings. The van der Waals surface area contributed by atoms with E-state index < -0.39 is 21.1 Å². The first-order chi connectivity index (χ1) is 16.6. The molecule has 2 N–H and O–H groups in total. The van der Waals surface area contributed by atoms with Crippen LogP contribution in [0.5, 0.6) is 5.75 Å². The summed E-state index contributed by atoms with van der Waals surface area (Å²) in [5, 5.41) is 22.2.